The number of hydrogen-bond acceptors (Lipinski definition) is 7. The summed E-state index contributed by atoms with van der Waals surface area (Å²) in [5.74, 6) is 0.295. The third-order valence-corrected chi connectivity index (χ3v) is 4.66. The highest BCUT2D eigenvalue weighted by Gasteiger charge is 2.26. The van der Waals surface area contributed by atoms with Crippen molar-refractivity contribution in [3.63, 3.8) is 0 Å². The van der Waals surface area contributed by atoms with Crippen molar-refractivity contribution in [1.29, 1.82) is 0 Å². The number of hydrogen-bond donors (Lipinski definition) is 1. The molecule has 0 aliphatic heterocycles. The number of nitro groups is 1. The predicted octanol–water partition coefficient (Wildman–Crippen LogP) is 3.42. The Morgan fingerprint density at radius 2 is 2.11 bits per heavy atom. The molecule has 0 fully saturated rings. The number of allylic oxidation sites excluding steroid dienone is 1. The topological polar surface area (TPSA) is 112 Å². The highest BCUT2D eigenvalue weighted by molar-refractivity contribution is 5.77. The van der Waals surface area contributed by atoms with E-state index in [0.29, 0.717) is 17.6 Å². The summed E-state index contributed by atoms with van der Waals surface area (Å²) in [5, 5.41) is 22.9. The minimum absolute atomic E-state index is 0.100. The maximum absolute atomic E-state index is 11.8. The summed E-state index contributed by atoms with van der Waals surface area (Å²) < 4.78 is 1.38. The highest BCUT2D eigenvalue weighted by atomic mass is 16.6. The molecular weight excluding hydrogens is 346 g/mol. The SMILES string of the molecule is O=[N+]([O-])c1c(NCCC2=CCCCC2)ncnc1-n1nnc2ccccc21. The first-order valence-corrected chi connectivity index (χ1v) is 8.96. The van der Waals surface area contributed by atoms with Crippen LogP contribution < -0.4 is 5.32 Å². The molecule has 0 bridgehead atoms. The zero-order valence-electron chi connectivity index (χ0n) is 14.7. The van der Waals surface area contributed by atoms with E-state index in [1.807, 2.05) is 12.1 Å². The number of nitrogens with one attached hydrogen (secondary N) is 1. The van der Waals surface area contributed by atoms with Gasteiger partial charge >= 0.3 is 5.69 Å². The molecule has 0 atom stereocenters. The van der Waals surface area contributed by atoms with Crippen LogP contribution in [0.5, 0.6) is 0 Å². The maximum atomic E-state index is 11.8. The average Bonchev–Trinajstić information content (AvgIpc) is 3.12. The second kappa shape index (κ2) is 7.48. The van der Waals surface area contributed by atoms with Crippen LogP contribution in [0.3, 0.4) is 0 Å². The molecule has 0 spiro atoms. The fraction of sp³-hybridized carbons (Fsp3) is 0.333. The molecule has 1 aliphatic rings. The molecule has 2 aromatic heterocycles. The molecule has 27 heavy (non-hydrogen) atoms. The third-order valence-electron chi connectivity index (χ3n) is 4.66. The molecular formula is C18H19N7O2. The quantitative estimate of drug-likeness (QED) is 0.404. The summed E-state index contributed by atoms with van der Waals surface area (Å²) in [5.41, 5.74) is 2.49. The summed E-state index contributed by atoms with van der Waals surface area (Å²) >= 11 is 0. The van der Waals surface area contributed by atoms with Gasteiger partial charge in [0, 0.05) is 6.54 Å². The molecule has 0 radical (unpaired) electrons. The van der Waals surface area contributed by atoms with Gasteiger partial charge in [0.1, 0.15) is 11.8 Å². The van der Waals surface area contributed by atoms with Crippen LogP contribution in [0, 0.1) is 10.1 Å². The Morgan fingerprint density at radius 3 is 2.93 bits per heavy atom. The van der Waals surface area contributed by atoms with Gasteiger partial charge in [0.05, 0.1) is 10.4 Å². The number of nitrogens with zero attached hydrogens (tertiary/aromatic N) is 6. The second-order valence-electron chi connectivity index (χ2n) is 6.43. The first-order chi connectivity index (χ1) is 13.2. The Labute approximate surface area is 155 Å². The van der Waals surface area contributed by atoms with E-state index in [0.717, 1.165) is 19.3 Å². The monoisotopic (exact) mass is 365 g/mol. The van der Waals surface area contributed by atoms with Gasteiger partial charge in [0.25, 0.3) is 0 Å². The molecule has 9 heteroatoms. The first kappa shape index (κ1) is 17.1. The minimum Gasteiger partial charge on any atom is -0.364 e. The number of rotatable bonds is 6. The lowest BCUT2D eigenvalue weighted by molar-refractivity contribution is -0.384. The third kappa shape index (κ3) is 3.48. The average molecular weight is 365 g/mol. The van der Waals surface area contributed by atoms with Crippen molar-refractivity contribution in [3.8, 4) is 5.82 Å². The van der Waals surface area contributed by atoms with Gasteiger partial charge < -0.3 is 5.32 Å². The van der Waals surface area contributed by atoms with Gasteiger partial charge in [-0.05, 0) is 44.2 Å². The van der Waals surface area contributed by atoms with E-state index in [9.17, 15) is 10.1 Å². The number of fused-ring (bicyclic) bond motifs is 1. The van der Waals surface area contributed by atoms with E-state index in [-0.39, 0.29) is 17.3 Å². The van der Waals surface area contributed by atoms with Crippen LogP contribution in [-0.2, 0) is 0 Å². The number of benzene rings is 1. The van der Waals surface area contributed by atoms with Crippen LogP contribution in [-0.4, -0.2) is 36.4 Å². The molecule has 9 nitrogen and oxygen atoms in total. The lowest BCUT2D eigenvalue weighted by Gasteiger charge is -2.13. The smallest absolute Gasteiger partial charge is 0.355 e. The summed E-state index contributed by atoms with van der Waals surface area (Å²) in [6.45, 7) is 0.585. The van der Waals surface area contributed by atoms with E-state index >= 15 is 0 Å². The van der Waals surface area contributed by atoms with Crippen LogP contribution >= 0.6 is 0 Å². The summed E-state index contributed by atoms with van der Waals surface area (Å²) in [6.07, 6.45) is 9.10. The van der Waals surface area contributed by atoms with E-state index in [1.54, 1.807) is 12.1 Å². The number of para-hydroxylation sites is 1. The van der Waals surface area contributed by atoms with E-state index < -0.39 is 4.92 Å². The molecule has 3 aromatic rings. The summed E-state index contributed by atoms with van der Waals surface area (Å²) in [4.78, 5) is 19.5. The molecule has 0 amide bonds. The van der Waals surface area contributed by atoms with Gasteiger partial charge in [-0.15, -0.1) is 5.10 Å². The van der Waals surface area contributed by atoms with Crippen molar-refractivity contribution in [2.75, 3.05) is 11.9 Å². The van der Waals surface area contributed by atoms with Crippen LogP contribution in [0.4, 0.5) is 11.5 Å². The molecule has 2 heterocycles. The van der Waals surface area contributed by atoms with Crippen LogP contribution in [0.15, 0.2) is 42.2 Å². The van der Waals surface area contributed by atoms with Gasteiger partial charge in [-0.1, -0.05) is 29.0 Å². The Balaban J connectivity index is 1.64. The number of aromatic nitrogens is 5. The van der Waals surface area contributed by atoms with Gasteiger partial charge in [0.2, 0.25) is 11.6 Å². The first-order valence-electron chi connectivity index (χ1n) is 8.96. The van der Waals surface area contributed by atoms with Gasteiger partial charge in [-0.2, -0.15) is 4.68 Å². The minimum atomic E-state index is -0.478. The molecule has 1 N–H and O–H groups in total. The summed E-state index contributed by atoms with van der Waals surface area (Å²) in [7, 11) is 0. The van der Waals surface area contributed by atoms with E-state index in [4.69, 9.17) is 0 Å². The Kier molecular flexibility index (Phi) is 4.73. The van der Waals surface area contributed by atoms with Crippen molar-refractivity contribution in [2.45, 2.75) is 32.1 Å². The lowest BCUT2D eigenvalue weighted by Crippen LogP contribution is -2.12. The van der Waals surface area contributed by atoms with Crippen molar-refractivity contribution in [3.05, 3.63) is 52.4 Å². The van der Waals surface area contributed by atoms with Crippen LogP contribution in [0.2, 0.25) is 0 Å². The maximum Gasteiger partial charge on any atom is 0.355 e. The Morgan fingerprint density at radius 1 is 1.22 bits per heavy atom. The second-order valence-corrected chi connectivity index (χ2v) is 6.43. The van der Waals surface area contributed by atoms with Crippen molar-refractivity contribution < 1.29 is 4.92 Å². The molecule has 1 aliphatic carbocycles. The van der Waals surface area contributed by atoms with Crippen LogP contribution in [0.25, 0.3) is 16.9 Å². The fourth-order valence-corrected chi connectivity index (χ4v) is 3.32. The van der Waals surface area contributed by atoms with Gasteiger partial charge in [0.15, 0.2) is 0 Å². The molecule has 1 aromatic carbocycles. The normalized spacial score (nSPS) is 14.1. The zero-order valence-corrected chi connectivity index (χ0v) is 14.7. The fourth-order valence-electron chi connectivity index (χ4n) is 3.32. The molecule has 4 rings (SSSR count). The standard InChI is InChI=1S/C18H19N7O2/c26-25(27)16-17(19-11-10-13-6-2-1-3-7-13)20-12-21-18(16)24-15-9-5-4-8-14(15)22-23-24/h4-6,8-9,12H,1-3,7,10-11H2,(H,19,20,21). The molecule has 138 valence electrons. The van der Waals surface area contributed by atoms with Crippen molar-refractivity contribution in [1.82, 2.24) is 25.0 Å². The zero-order chi connectivity index (χ0) is 18.6. The molecule has 0 unspecified atom stereocenters. The van der Waals surface area contributed by atoms with Gasteiger partial charge in [-0.25, -0.2) is 9.97 Å². The highest BCUT2D eigenvalue weighted by Crippen LogP contribution is 2.29. The summed E-state index contributed by atoms with van der Waals surface area (Å²) in [6, 6.07) is 7.25. The Hall–Kier alpha value is -3.36. The van der Waals surface area contributed by atoms with Gasteiger partial charge in [-0.3, -0.25) is 10.1 Å². The van der Waals surface area contributed by atoms with E-state index in [2.05, 4.69) is 31.7 Å². The largest absolute Gasteiger partial charge is 0.364 e. The van der Waals surface area contributed by atoms with Crippen molar-refractivity contribution >= 4 is 22.5 Å². The molecule has 0 saturated carbocycles. The predicted molar refractivity (Wildman–Crippen MR) is 101 cm³/mol. The van der Waals surface area contributed by atoms with E-state index in [1.165, 1.54) is 29.4 Å². The number of anilines is 1. The Bertz CT molecular complexity index is 1010. The molecule has 0 saturated heterocycles. The van der Waals surface area contributed by atoms with Crippen LogP contribution in [0.1, 0.15) is 32.1 Å². The van der Waals surface area contributed by atoms with Crippen molar-refractivity contribution in [2.24, 2.45) is 0 Å². The lowest BCUT2D eigenvalue weighted by atomic mass is 9.97.